The Morgan fingerprint density at radius 2 is 2.33 bits per heavy atom. The van der Waals surface area contributed by atoms with Crippen LogP contribution in [0.25, 0.3) is 0 Å². The quantitative estimate of drug-likeness (QED) is 0.375. The molecule has 4 N–H and O–H groups in total. The van der Waals surface area contributed by atoms with Gasteiger partial charge in [0.15, 0.2) is 6.04 Å². The molecule has 4 nitrogen and oxygen atoms in total. The Morgan fingerprint density at radius 3 is 2.67 bits per heavy atom. The molecule has 1 aliphatic rings. The van der Waals surface area contributed by atoms with Gasteiger partial charge in [-0.05, 0) is 0 Å². The smallest absolute Gasteiger partial charge is 0.176 e. The number of carboxylic acids is 1. The van der Waals surface area contributed by atoms with Crippen LogP contribution in [0.5, 0.6) is 0 Å². The number of nitrogens with two attached hydrogens (primary N) is 2. The first-order chi connectivity index (χ1) is 4.30. The van der Waals surface area contributed by atoms with Crippen LogP contribution in [0.2, 0.25) is 0 Å². The summed E-state index contributed by atoms with van der Waals surface area (Å²) in [5, 5.41) is 14.0. The van der Waals surface area contributed by atoms with Gasteiger partial charge in [-0.2, -0.15) is 0 Å². The topological polar surface area (TPSA) is 73.3 Å². The number of hydrogen-bond acceptors (Lipinski definition) is 2. The van der Waals surface area contributed by atoms with Crippen molar-refractivity contribution < 1.29 is 20.5 Å². The molecule has 1 heterocycles. The molecule has 1 atom stereocenters. The van der Waals surface area contributed by atoms with Crippen LogP contribution in [0.4, 0.5) is 0 Å². The summed E-state index contributed by atoms with van der Waals surface area (Å²) in [7, 11) is 0. The molecule has 0 aromatic rings. The van der Waals surface area contributed by atoms with E-state index in [0.717, 1.165) is 13.1 Å². The molecule has 0 aliphatic carbocycles. The number of hydrogen-bond donors (Lipinski definition) is 2. The van der Waals surface area contributed by atoms with Gasteiger partial charge in [0.2, 0.25) is 0 Å². The molecule has 1 saturated heterocycles. The summed E-state index contributed by atoms with van der Waals surface area (Å²) in [5.74, 6) is -0.939. The zero-order valence-electron chi connectivity index (χ0n) is 5.17. The van der Waals surface area contributed by atoms with Gasteiger partial charge in [-0.25, -0.2) is 0 Å². The molecular formula is C5H11N2O2+. The molecule has 0 amide bonds. The first-order valence-electron chi connectivity index (χ1n) is 3.16. The highest BCUT2D eigenvalue weighted by Gasteiger charge is 2.18. The predicted molar refractivity (Wildman–Crippen MR) is 27.2 cm³/mol. The van der Waals surface area contributed by atoms with Crippen LogP contribution >= 0.6 is 0 Å². The fraction of sp³-hybridized carbons (Fsp3) is 0.800. The van der Waals surface area contributed by atoms with Gasteiger partial charge in [0, 0.05) is 0 Å². The van der Waals surface area contributed by atoms with Crippen LogP contribution in [0.15, 0.2) is 0 Å². The van der Waals surface area contributed by atoms with E-state index < -0.39 is 5.97 Å². The van der Waals surface area contributed by atoms with Gasteiger partial charge in [0.1, 0.15) is 25.6 Å². The number of carbonyl (C=O) groups excluding carboxylic acids is 1. The van der Waals surface area contributed by atoms with Crippen molar-refractivity contribution in [2.75, 3.05) is 19.6 Å². The second-order valence-corrected chi connectivity index (χ2v) is 2.26. The molecule has 1 rings (SSSR count). The Labute approximate surface area is 53.2 Å². The molecule has 0 spiro atoms. The maximum Gasteiger partial charge on any atom is 0.176 e. The highest BCUT2D eigenvalue weighted by molar-refractivity contribution is 5.69. The number of aliphatic carboxylic acids is 1. The third-order valence-electron chi connectivity index (χ3n) is 1.55. The molecule has 0 aromatic carbocycles. The summed E-state index contributed by atoms with van der Waals surface area (Å²) in [5.41, 5.74) is 0. The number of quaternary nitrogens is 2. The molecule has 1 fully saturated rings. The van der Waals surface area contributed by atoms with Gasteiger partial charge in [0.05, 0.1) is 0 Å². The lowest BCUT2D eigenvalue weighted by atomic mass is 10.2. The normalized spacial score (nSPS) is 27.8. The fourth-order valence-electron chi connectivity index (χ4n) is 1.00. The zero-order valence-corrected chi connectivity index (χ0v) is 5.17. The number of carboxylic acid groups (broad SMARTS) is 1. The molecule has 1 aliphatic heterocycles. The molecule has 9 heavy (non-hydrogen) atoms. The summed E-state index contributed by atoms with van der Waals surface area (Å²) >= 11 is 0. The maximum atomic E-state index is 10.2. The highest BCUT2D eigenvalue weighted by atomic mass is 16.4. The number of carbonyl (C=O) groups is 1. The van der Waals surface area contributed by atoms with Crippen molar-refractivity contribution in [3.63, 3.8) is 0 Å². The van der Waals surface area contributed by atoms with Crippen molar-refractivity contribution in [2.45, 2.75) is 6.04 Å². The van der Waals surface area contributed by atoms with Crippen LogP contribution < -0.4 is 15.7 Å². The van der Waals surface area contributed by atoms with Gasteiger partial charge in [0.25, 0.3) is 0 Å². The van der Waals surface area contributed by atoms with Gasteiger partial charge < -0.3 is 20.5 Å². The van der Waals surface area contributed by atoms with E-state index in [1.807, 2.05) is 10.6 Å². The Hall–Kier alpha value is -0.610. The van der Waals surface area contributed by atoms with Crippen molar-refractivity contribution in [3.05, 3.63) is 0 Å². The summed E-state index contributed by atoms with van der Waals surface area (Å²) < 4.78 is 0. The van der Waals surface area contributed by atoms with E-state index in [1.165, 1.54) is 0 Å². The Kier molecular flexibility index (Phi) is 2.02. The van der Waals surface area contributed by atoms with Crippen molar-refractivity contribution in [3.8, 4) is 0 Å². The van der Waals surface area contributed by atoms with E-state index in [9.17, 15) is 9.90 Å². The lowest BCUT2D eigenvalue weighted by Crippen LogP contribution is -3.09. The standard InChI is InChI=1S/C5H10N2O2/c8-5(9)4-3-6-1-2-7-4/h4,6-7H,1-3H2,(H,8,9)/p+1/t4-/m1/s1. The van der Waals surface area contributed by atoms with Gasteiger partial charge in [-0.1, -0.05) is 0 Å². The second kappa shape index (κ2) is 2.80. The van der Waals surface area contributed by atoms with E-state index in [4.69, 9.17) is 0 Å². The van der Waals surface area contributed by atoms with E-state index in [0.29, 0.717) is 6.54 Å². The van der Waals surface area contributed by atoms with E-state index in [-0.39, 0.29) is 6.04 Å². The van der Waals surface area contributed by atoms with Crippen molar-refractivity contribution in [2.24, 2.45) is 0 Å². The maximum absolute atomic E-state index is 10.2. The largest absolute Gasteiger partial charge is 0.544 e. The summed E-state index contributed by atoms with van der Waals surface area (Å²) in [6.07, 6.45) is 0. The molecule has 0 bridgehead atoms. The zero-order chi connectivity index (χ0) is 6.69. The molecular weight excluding hydrogens is 120 g/mol. The SMILES string of the molecule is O=C([O-])[C@H]1C[NH2+]CC[NH2+]1. The Balaban J connectivity index is 2.31. The van der Waals surface area contributed by atoms with Crippen LogP contribution in [-0.2, 0) is 4.79 Å². The minimum atomic E-state index is -0.939. The van der Waals surface area contributed by atoms with Crippen molar-refractivity contribution in [1.29, 1.82) is 0 Å². The third kappa shape index (κ3) is 1.65. The van der Waals surface area contributed by atoms with E-state index >= 15 is 0 Å². The average molecular weight is 131 g/mol. The lowest BCUT2D eigenvalue weighted by molar-refractivity contribution is -0.805. The number of rotatable bonds is 1. The minimum Gasteiger partial charge on any atom is -0.544 e. The minimum absolute atomic E-state index is 0.321. The fourth-order valence-corrected chi connectivity index (χ4v) is 1.00. The second-order valence-electron chi connectivity index (χ2n) is 2.26. The Bertz CT molecular complexity index is 110. The molecule has 0 radical (unpaired) electrons. The third-order valence-corrected chi connectivity index (χ3v) is 1.55. The number of piperazine rings is 1. The highest BCUT2D eigenvalue weighted by Crippen LogP contribution is 1.66. The molecule has 52 valence electrons. The average Bonchev–Trinajstić information content (AvgIpc) is 1.90. The van der Waals surface area contributed by atoms with E-state index in [2.05, 4.69) is 0 Å². The predicted octanol–water partition coefficient (Wildman–Crippen LogP) is -4.75. The summed E-state index contributed by atoms with van der Waals surface area (Å²) in [4.78, 5) is 10.2. The summed E-state index contributed by atoms with van der Waals surface area (Å²) in [6.45, 7) is 2.56. The van der Waals surface area contributed by atoms with Gasteiger partial charge in [-0.15, -0.1) is 0 Å². The molecule has 0 saturated carbocycles. The first-order valence-corrected chi connectivity index (χ1v) is 3.16. The van der Waals surface area contributed by atoms with Crippen LogP contribution in [0, 0.1) is 0 Å². The molecule has 4 heteroatoms. The molecule has 0 aromatic heterocycles. The Morgan fingerprint density at radius 1 is 1.56 bits per heavy atom. The van der Waals surface area contributed by atoms with E-state index in [1.54, 1.807) is 0 Å². The monoisotopic (exact) mass is 131 g/mol. The lowest BCUT2D eigenvalue weighted by Gasteiger charge is -2.18. The van der Waals surface area contributed by atoms with Gasteiger partial charge in [-0.3, -0.25) is 0 Å². The van der Waals surface area contributed by atoms with Crippen molar-refractivity contribution >= 4 is 5.97 Å². The van der Waals surface area contributed by atoms with Crippen LogP contribution in [0.3, 0.4) is 0 Å². The first kappa shape index (κ1) is 6.51. The van der Waals surface area contributed by atoms with Crippen LogP contribution in [-0.4, -0.2) is 31.6 Å². The van der Waals surface area contributed by atoms with Gasteiger partial charge >= 0.3 is 0 Å². The summed E-state index contributed by atoms with van der Waals surface area (Å²) in [6, 6.07) is -0.321. The van der Waals surface area contributed by atoms with Crippen LogP contribution in [0.1, 0.15) is 0 Å². The molecule has 0 unspecified atom stereocenters. The van der Waals surface area contributed by atoms with Crippen molar-refractivity contribution in [1.82, 2.24) is 0 Å².